The number of carbonyl (C=O) groups excluding carboxylic acids is 2. The highest BCUT2D eigenvalue weighted by atomic mass is 16.7. The Hall–Kier alpha value is -3.09. The zero-order valence-corrected chi connectivity index (χ0v) is 15.0. The number of rotatable bonds is 4. The predicted octanol–water partition coefficient (Wildman–Crippen LogP) is 3.09. The van der Waals surface area contributed by atoms with Gasteiger partial charge in [0.05, 0.1) is 11.3 Å². The molecule has 0 N–H and O–H groups in total. The van der Waals surface area contributed by atoms with Crippen molar-refractivity contribution in [3.63, 3.8) is 0 Å². The van der Waals surface area contributed by atoms with Gasteiger partial charge in [-0.15, -0.1) is 0 Å². The summed E-state index contributed by atoms with van der Waals surface area (Å²) in [6.45, 7) is 6.98. The van der Waals surface area contributed by atoms with Crippen LogP contribution in [-0.2, 0) is 25.7 Å². The standard InChI is InChI=1S/C19H19NO6/c1-11-16(12(2)26-20-11)10-23-14-7-5-6-13(8-14)9-15-17(21)24-19(3,4)25-18(15)22/h5-9H,10H2,1-4H3. The first-order chi connectivity index (χ1) is 12.2. The molecule has 1 aromatic carbocycles. The van der Waals surface area contributed by atoms with Crippen LogP contribution < -0.4 is 4.74 Å². The van der Waals surface area contributed by atoms with Crippen LogP contribution in [0.15, 0.2) is 34.4 Å². The lowest BCUT2D eigenvalue weighted by Gasteiger charge is -2.29. The zero-order chi connectivity index (χ0) is 18.9. The lowest BCUT2D eigenvalue weighted by molar-refractivity contribution is -0.222. The Morgan fingerprint density at radius 3 is 2.46 bits per heavy atom. The zero-order valence-electron chi connectivity index (χ0n) is 15.0. The maximum Gasteiger partial charge on any atom is 0.348 e. The topological polar surface area (TPSA) is 87.9 Å². The fourth-order valence-corrected chi connectivity index (χ4v) is 2.50. The first-order valence-electron chi connectivity index (χ1n) is 8.08. The molecule has 2 aromatic rings. The van der Waals surface area contributed by atoms with Crippen molar-refractivity contribution < 1.29 is 28.3 Å². The van der Waals surface area contributed by atoms with Gasteiger partial charge in [0.1, 0.15) is 23.7 Å². The molecule has 1 fully saturated rings. The molecule has 2 heterocycles. The Labute approximate surface area is 150 Å². The van der Waals surface area contributed by atoms with E-state index in [2.05, 4.69) is 5.16 Å². The van der Waals surface area contributed by atoms with Gasteiger partial charge in [-0.25, -0.2) is 9.59 Å². The third-order valence-corrected chi connectivity index (χ3v) is 3.85. The Kier molecular flexibility index (Phi) is 4.54. The maximum absolute atomic E-state index is 12.0. The van der Waals surface area contributed by atoms with Gasteiger partial charge in [-0.2, -0.15) is 0 Å². The van der Waals surface area contributed by atoms with Gasteiger partial charge in [-0.1, -0.05) is 17.3 Å². The van der Waals surface area contributed by atoms with Crippen molar-refractivity contribution >= 4 is 18.0 Å². The van der Waals surface area contributed by atoms with E-state index in [0.29, 0.717) is 23.7 Å². The Morgan fingerprint density at radius 1 is 1.15 bits per heavy atom. The number of esters is 2. The van der Waals surface area contributed by atoms with Crippen molar-refractivity contribution in [2.75, 3.05) is 0 Å². The average molecular weight is 357 g/mol. The lowest BCUT2D eigenvalue weighted by atomic mass is 10.1. The summed E-state index contributed by atoms with van der Waals surface area (Å²) in [4.78, 5) is 24.1. The van der Waals surface area contributed by atoms with Crippen LogP contribution in [0.5, 0.6) is 5.75 Å². The first-order valence-corrected chi connectivity index (χ1v) is 8.08. The van der Waals surface area contributed by atoms with Crippen LogP contribution in [0.3, 0.4) is 0 Å². The molecule has 0 radical (unpaired) electrons. The molecule has 0 bridgehead atoms. The summed E-state index contributed by atoms with van der Waals surface area (Å²) >= 11 is 0. The van der Waals surface area contributed by atoms with E-state index >= 15 is 0 Å². The van der Waals surface area contributed by atoms with E-state index in [9.17, 15) is 9.59 Å². The van der Waals surface area contributed by atoms with E-state index in [1.165, 1.54) is 19.9 Å². The largest absolute Gasteiger partial charge is 0.489 e. The van der Waals surface area contributed by atoms with Crippen molar-refractivity contribution in [3.05, 3.63) is 52.4 Å². The number of aryl methyl sites for hydroxylation is 2. The molecule has 7 heteroatoms. The van der Waals surface area contributed by atoms with Crippen LogP contribution in [-0.4, -0.2) is 22.9 Å². The molecule has 0 amide bonds. The second kappa shape index (κ2) is 6.67. The van der Waals surface area contributed by atoms with E-state index in [-0.39, 0.29) is 5.57 Å². The molecule has 26 heavy (non-hydrogen) atoms. The van der Waals surface area contributed by atoms with Gasteiger partial charge in [0.25, 0.3) is 5.79 Å². The molecular weight excluding hydrogens is 338 g/mol. The second-order valence-electron chi connectivity index (χ2n) is 6.40. The van der Waals surface area contributed by atoms with Crippen molar-refractivity contribution in [2.24, 2.45) is 0 Å². The minimum atomic E-state index is -1.26. The highest BCUT2D eigenvalue weighted by molar-refractivity contribution is 6.18. The third-order valence-electron chi connectivity index (χ3n) is 3.85. The highest BCUT2D eigenvalue weighted by Gasteiger charge is 2.38. The molecule has 0 saturated carbocycles. The molecule has 1 saturated heterocycles. The molecule has 0 spiro atoms. The highest BCUT2D eigenvalue weighted by Crippen LogP contribution is 2.25. The Morgan fingerprint density at radius 2 is 1.85 bits per heavy atom. The van der Waals surface area contributed by atoms with Gasteiger partial charge in [-0.05, 0) is 37.6 Å². The normalized spacial score (nSPS) is 16.1. The summed E-state index contributed by atoms with van der Waals surface area (Å²) in [5.74, 6) is -1.40. The van der Waals surface area contributed by atoms with Crippen molar-refractivity contribution in [3.8, 4) is 5.75 Å². The molecule has 0 unspecified atom stereocenters. The maximum atomic E-state index is 12.0. The number of benzene rings is 1. The molecule has 0 aliphatic carbocycles. The number of nitrogens with zero attached hydrogens (tertiary/aromatic N) is 1. The van der Waals surface area contributed by atoms with Crippen LogP contribution in [0, 0.1) is 13.8 Å². The first kappa shape index (κ1) is 17.7. The number of cyclic esters (lactones) is 2. The minimum absolute atomic E-state index is 0.160. The SMILES string of the molecule is Cc1noc(C)c1COc1cccc(C=C2C(=O)OC(C)(C)OC2=O)c1. The predicted molar refractivity (Wildman–Crippen MR) is 91.0 cm³/mol. The molecule has 1 aliphatic heterocycles. The number of hydrogen-bond acceptors (Lipinski definition) is 7. The van der Waals surface area contributed by atoms with Crippen LogP contribution in [0.4, 0.5) is 0 Å². The summed E-state index contributed by atoms with van der Waals surface area (Å²) in [6.07, 6.45) is 1.42. The molecule has 3 rings (SSSR count). The summed E-state index contributed by atoms with van der Waals surface area (Å²) in [5.41, 5.74) is 2.11. The Balaban J connectivity index is 1.77. The quantitative estimate of drug-likeness (QED) is 0.472. The molecular formula is C19H19NO6. The molecule has 1 aliphatic rings. The van der Waals surface area contributed by atoms with Crippen LogP contribution >= 0.6 is 0 Å². The smallest absolute Gasteiger partial charge is 0.348 e. The summed E-state index contributed by atoms with van der Waals surface area (Å²) in [6, 6.07) is 7.00. The average Bonchev–Trinajstić information content (AvgIpc) is 2.87. The molecule has 7 nitrogen and oxygen atoms in total. The van der Waals surface area contributed by atoms with Crippen LogP contribution in [0.1, 0.15) is 36.4 Å². The number of hydrogen-bond donors (Lipinski definition) is 0. The van der Waals surface area contributed by atoms with Crippen LogP contribution in [0.2, 0.25) is 0 Å². The summed E-state index contributed by atoms with van der Waals surface area (Å²) in [7, 11) is 0. The monoisotopic (exact) mass is 357 g/mol. The Bertz CT molecular complexity index is 852. The number of carbonyl (C=O) groups is 2. The van der Waals surface area contributed by atoms with Crippen LogP contribution in [0.25, 0.3) is 6.08 Å². The fraction of sp³-hybridized carbons (Fsp3) is 0.316. The van der Waals surface area contributed by atoms with E-state index in [0.717, 1.165) is 11.3 Å². The molecule has 0 atom stereocenters. The van der Waals surface area contributed by atoms with Gasteiger partial charge in [0, 0.05) is 13.8 Å². The number of ether oxygens (including phenoxy) is 3. The van der Waals surface area contributed by atoms with E-state index < -0.39 is 17.7 Å². The fourth-order valence-electron chi connectivity index (χ4n) is 2.50. The number of aromatic nitrogens is 1. The van der Waals surface area contributed by atoms with E-state index in [1.54, 1.807) is 24.3 Å². The van der Waals surface area contributed by atoms with Gasteiger partial charge in [-0.3, -0.25) is 0 Å². The van der Waals surface area contributed by atoms with Gasteiger partial charge in [0.2, 0.25) is 0 Å². The van der Waals surface area contributed by atoms with E-state index in [4.69, 9.17) is 18.7 Å². The molecule has 136 valence electrons. The van der Waals surface area contributed by atoms with Gasteiger partial charge in [0.15, 0.2) is 0 Å². The molecule has 1 aromatic heterocycles. The van der Waals surface area contributed by atoms with Gasteiger partial charge < -0.3 is 18.7 Å². The van der Waals surface area contributed by atoms with Crippen molar-refractivity contribution in [1.82, 2.24) is 5.16 Å². The summed E-state index contributed by atoms with van der Waals surface area (Å²) in [5, 5.41) is 3.88. The minimum Gasteiger partial charge on any atom is -0.489 e. The lowest BCUT2D eigenvalue weighted by Crippen LogP contribution is -2.41. The van der Waals surface area contributed by atoms with Gasteiger partial charge >= 0.3 is 11.9 Å². The van der Waals surface area contributed by atoms with Crippen molar-refractivity contribution in [2.45, 2.75) is 40.1 Å². The summed E-state index contributed by atoms with van der Waals surface area (Å²) < 4.78 is 21.0. The third kappa shape index (κ3) is 3.77. The second-order valence-corrected chi connectivity index (χ2v) is 6.40. The van der Waals surface area contributed by atoms with Crippen molar-refractivity contribution in [1.29, 1.82) is 0 Å². The van der Waals surface area contributed by atoms with E-state index in [1.807, 2.05) is 13.8 Å².